The van der Waals surface area contributed by atoms with Crippen LogP contribution in [0.1, 0.15) is 24.0 Å². The fourth-order valence-corrected chi connectivity index (χ4v) is 3.06. The SMILES string of the molecule is Cc1cc(CNc2ccc(N3CCC(CO)CC3)cn2)ccc1F. The number of rotatable bonds is 5. The van der Waals surface area contributed by atoms with Crippen molar-refractivity contribution in [3.63, 3.8) is 0 Å². The molecule has 0 spiro atoms. The highest BCUT2D eigenvalue weighted by molar-refractivity contribution is 5.50. The quantitative estimate of drug-likeness (QED) is 0.883. The van der Waals surface area contributed by atoms with Gasteiger partial charge in [0.1, 0.15) is 11.6 Å². The number of benzene rings is 1. The summed E-state index contributed by atoms with van der Waals surface area (Å²) in [6.07, 6.45) is 3.94. The van der Waals surface area contributed by atoms with Crippen LogP contribution in [0.2, 0.25) is 0 Å². The Labute approximate surface area is 142 Å². The standard InChI is InChI=1S/C19H24FN3O/c1-14-10-16(2-4-18(14)20)11-21-19-5-3-17(12-22-19)23-8-6-15(13-24)7-9-23/h2-5,10,12,15,24H,6-9,11,13H2,1H3,(H,21,22). The summed E-state index contributed by atoms with van der Waals surface area (Å²) in [5.41, 5.74) is 2.81. The van der Waals surface area contributed by atoms with Crippen molar-refractivity contribution >= 4 is 11.5 Å². The zero-order chi connectivity index (χ0) is 16.9. The molecule has 1 saturated heterocycles. The zero-order valence-electron chi connectivity index (χ0n) is 14.0. The maximum Gasteiger partial charge on any atom is 0.126 e. The van der Waals surface area contributed by atoms with Crippen LogP contribution in [0.3, 0.4) is 0 Å². The van der Waals surface area contributed by atoms with Crippen LogP contribution >= 0.6 is 0 Å². The minimum Gasteiger partial charge on any atom is -0.396 e. The van der Waals surface area contributed by atoms with E-state index in [0.717, 1.165) is 43.0 Å². The number of aryl methyl sites for hydroxylation is 1. The minimum absolute atomic E-state index is 0.175. The van der Waals surface area contributed by atoms with Crippen LogP contribution < -0.4 is 10.2 Å². The number of pyridine rings is 1. The van der Waals surface area contributed by atoms with Crippen molar-refractivity contribution in [1.29, 1.82) is 0 Å². The summed E-state index contributed by atoms with van der Waals surface area (Å²) in [4.78, 5) is 6.78. The molecule has 0 aliphatic carbocycles. The third-order valence-corrected chi connectivity index (χ3v) is 4.68. The summed E-state index contributed by atoms with van der Waals surface area (Å²) in [5, 5.41) is 12.5. The fraction of sp³-hybridized carbons (Fsp3) is 0.421. The minimum atomic E-state index is -0.175. The molecule has 4 nitrogen and oxygen atoms in total. The van der Waals surface area contributed by atoms with Crippen LogP contribution in [0, 0.1) is 18.7 Å². The van der Waals surface area contributed by atoms with E-state index in [9.17, 15) is 9.50 Å². The first-order valence-electron chi connectivity index (χ1n) is 8.46. The predicted molar refractivity (Wildman–Crippen MR) is 94.7 cm³/mol. The molecule has 5 heteroatoms. The molecule has 128 valence electrons. The second-order valence-electron chi connectivity index (χ2n) is 6.45. The van der Waals surface area contributed by atoms with Gasteiger partial charge in [-0.3, -0.25) is 0 Å². The van der Waals surface area contributed by atoms with E-state index in [1.807, 2.05) is 18.3 Å². The van der Waals surface area contributed by atoms with E-state index in [4.69, 9.17) is 0 Å². The molecule has 0 amide bonds. The molecule has 1 aliphatic heterocycles. The predicted octanol–water partition coefficient (Wildman–Crippen LogP) is 3.35. The summed E-state index contributed by atoms with van der Waals surface area (Å²) >= 11 is 0. The highest BCUT2D eigenvalue weighted by Gasteiger charge is 2.18. The molecular weight excluding hydrogens is 305 g/mol. The summed E-state index contributed by atoms with van der Waals surface area (Å²) in [6, 6.07) is 9.18. The van der Waals surface area contributed by atoms with E-state index in [2.05, 4.69) is 21.3 Å². The molecule has 3 rings (SSSR count). The van der Waals surface area contributed by atoms with Crippen LogP contribution in [-0.4, -0.2) is 29.8 Å². The van der Waals surface area contributed by atoms with Crippen molar-refractivity contribution in [2.24, 2.45) is 5.92 Å². The Morgan fingerprint density at radius 3 is 2.67 bits per heavy atom. The van der Waals surface area contributed by atoms with Crippen molar-refractivity contribution in [3.8, 4) is 0 Å². The average Bonchev–Trinajstić information content (AvgIpc) is 2.63. The van der Waals surface area contributed by atoms with E-state index in [0.29, 0.717) is 18.0 Å². The zero-order valence-corrected chi connectivity index (χ0v) is 14.0. The normalized spacial score (nSPS) is 15.5. The molecule has 0 radical (unpaired) electrons. The van der Waals surface area contributed by atoms with Gasteiger partial charge in [-0.15, -0.1) is 0 Å². The van der Waals surface area contributed by atoms with Gasteiger partial charge in [-0.1, -0.05) is 12.1 Å². The Bertz CT molecular complexity index is 667. The number of aromatic nitrogens is 1. The van der Waals surface area contributed by atoms with Crippen LogP contribution in [-0.2, 0) is 6.54 Å². The van der Waals surface area contributed by atoms with E-state index >= 15 is 0 Å². The molecule has 24 heavy (non-hydrogen) atoms. The third kappa shape index (κ3) is 4.03. The monoisotopic (exact) mass is 329 g/mol. The second-order valence-corrected chi connectivity index (χ2v) is 6.45. The van der Waals surface area contributed by atoms with Crippen molar-refractivity contribution in [2.75, 3.05) is 29.9 Å². The van der Waals surface area contributed by atoms with Crippen LogP contribution in [0.5, 0.6) is 0 Å². The number of anilines is 2. The first-order chi connectivity index (χ1) is 11.7. The molecule has 0 saturated carbocycles. The number of nitrogens with zero attached hydrogens (tertiary/aromatic N) is 2. The fourth-order valence-electron chi connectivity index (χ4n) is 3.06. The number of nitrogens with one attached hydrogen (secondary N) is 1. The lowest BCUT2D eigenvalue weighted by molar-refractivity contribution is 0.203. The van der Waals surface area contributed by atoms with E-state index < -0.39 is 0 Å². The summed E-state index contributed by atoms with van der Waals surface area (Å²) in [6.45, 7) is 4.61. The maximum absolute atomic E-state index is 13.3. The van der Waals surface area contributed by atoms with Gasteiger partial charge in [-0.2, -0.15) is 0 Å². The molecule has 2 N–H and O–H groups in total. The lowest BCUT2D eigenvalue weighted by Crippen LogP contribution is -2.34. The van der Waals surface area contributed by atoms with Gasteiger partial charge in [0.25, 0.3) is 0 Å². The molecule has 1 aliphatic rings. The third-order valence-electron chi connectivity index (χ3n) is 4.68. The Morgan fingerprint density at radius 1 is 1.25 bits per heavy atom. The molecule has 1 fully saturated rings. The Balaban J connectivity index is 1.55. The van der Waals surface area contributed by atoms with Gasteiger partial charge in [0.2, 0.25) is 0 Å². The molecule has 1 aromatic heterocycles. The summed E-state index contributed by atoms with van der Waals surface area (Å²) in [5.74, 6) is 1.08. The molecule has 2 heterocycles. The van der Waals surface area contributed by atoms with Crippen molar-refractivity contribution in [2.45, 2.75) is 26.3 Å². The molecule has 1 aromatic carbocycles. The smallest absolute Gasteiger partial charge is 0.126 e. The van der Waals surface area contributed by atoms with Gasteiger partial charge in [0, 0.05) is 26.2 Å². The van der Waals surface area contributed by atoms with Crippen molar-refractivity contribution in [3.05, 3.63) is 53.5 Å². The number of hydrogen-bond donors (Lipinski definition) is 2. The second kappa shape index (κ2) is 7.62. The highest BCUT2D eigenvalue weighted by Crippen LogP contribution is 2.23. The lowest BCUT2D eigenvalue weighted by atomic mass is 9.98. The lowest BCUT2D eigenvalue weighted by Gasteiger charge is -2.32. The first-order valence-corrected chi connectivity index (χ1v) is 8.46. The maximum atomic E-state index is 13.3. The van der Waals surface area contributed by atoms with Crippen molar-refractivity contribution in [1.82, 2.24) is 4.98 Å². The van der Waals surface area contributed by atoms with E-state index in [1.165, 1.54) is 6.07 Å². The average molecular weight is 329 g/mol. The van der Waals surface area contributed by atoms with Gasteiger partial charge >= 0.3 is 0 Å². The molecule has 0 unspecified atom stereocenters. The number of aliphatic hydroxyl groups excluding tert-OH is 1. The molecule has 0 atom stereocenters. The largest absolute Gasteiger partial charge is 0.396 e. The number of halogens is 1. The number of aliphatic hydroxyl groups is 1. The van der Waals surface area contributed by atoms with E-state index in [1.54, 1.807) is 13.0 Å². The van der Waals surface area contributed by atoms with Crippen molar-refractivity contribution < 1.29 is 9.50 Å². The van der Waals surface area contributed by atoms with Gasteiger partial charge in [0.15, 0.2) is 0 Å². The Hall–Kier alpha value is -2.14. The molecule has 0 bridgehead atoms. The molecule has 2 aromatic rings. The Morgan fingerprint density at radius 2 is 2.04 bits per heavy atom. The topological polar surface area (TPSA) is 48.4 Å². The highest BCUT2D eigenvalue weighted by atomic mass is 19.1. The van der Waals surface area contributed by atoms with Gasteiger partial charge < -0.3 is 15.3 Å². The van der Waals surface area contributed by atoms with E-state index in [-0.39, 0.29) is 12.4 Å². The number of piperidine rings is 1. The van der Waals surface area contributed by atoms with Crippen LogP contribution in [0.15, 0.2) is 36.5 Å². The van der Waals surface area contributed by atoms with Gasteiger partial charge in [-0.05, 0) is 55.0 Å². The molecular formula is C19H24FN3O. The van der Waals surface area contributed by atoms with Gasteiger partial charge in [0.05, 0.1) is 11.9 Å². The number of hydrogen-bond acceptors (Lipinski definition) is 4. The van der Waals surface area contributed by atoms with Gasteiger partial charge in [-0.25, -0.2) is 9.37 Å². The summed E-state index contributed by atoms with van der Waals surface area (Å²) in [7, 11) is 0. The summed E-state index contributed by atoms with van der Waals surface area (Å²) < 4.78 is 13.3. The van der Waals surface area contributed by atoms with Crippen LogP contribution in [0.25, 0.3) is 0 Å². The van der Waals surface area contributed by atoms with Crippen LogP contribution in [0.4, 0.5) is 15.9 Å². The first kappa shape index (κ1) is 16.7. The Kier molecular flexibility index (Phi) is 5.30.